The van der Waals surface area contributed by atoms with Crippen molar-refractivity contribution in [3.63, 3.8) is 0 Å². The fraction of sp³-hybridized carbons (Fsp3) is 0.533. The van der Waals surface area contributed by atoms with Crippen LogP contribution in [-0.4, -0.2) is 31.6 Å². The topological polar surface area (TPSA) is 50.4 Å². The number of methoxy groups -OCH3 is 1. The number of hydrogen-bond donors (Lipinski definition) is 2. The van der Waals surface area contributed by atoms with Crippen LogP contribution in [0, 0.1) is 5.82 Å². The van der Waals surface area contributed by atoms with E-state index in [0.29, 0.717) is 0 Å². The van der Waals surface area contributed by atoms with E-state index in [1.54, 1.807) is 19.2 Å². The van der Waals surface area contributed by atoms with Crippen molar-refractivity contribution in [2.45, 2.75) is 38.0 Å². The molecule has 0 saturated carbocycles. The predicted octanol–water partition coefficient (Wildman–Crippen LogP) is 1.77. The highest BCUT2D eigenvalue weighted by Gasteiger charge is 2.26. The van der Waals surface area contributed by atoms with Crippen molar-refractivity contribution in [2.75, 3.05) is 13.7 Å². The monoisotopic (exact) mass is 280 g/mol. The first-order chi connectivity index (χ1) is 9.61. The molecule has 3 atom stereocenters. The first-order valence-corrected chi connectivity index (χ1v) is 6.94. The molecule has 1 aliphatic heterocycles. The van der Waals surface area contributed by atoms with Crippen LogP contribution in [0.5, 0.6) is 0 Å². The van der Waals surface area contributed by atoms with Crippen LogP contribution in [0.25, 0.3) is 0 Å². The highest BCUT2D eigenvalue weighted by molar-refractivity contribution is 5.82. The third-order valence-corrected chi connectivity index (χ3v) is 3.65. The van der Waals surface area contributed by atoms with Gasteiger partial charge in [0.05, 0.1) is 12.1 Å². The Morgan fingerprint density at radius 2 is 2.15 bits per heavy atom. The minimum Gasteiger partial charge on any atom is -0.375 e. The lowest BCUT2D eigenvalue weighted by Crippen LogP contribution is -2.46. The maximum Gasteiger partial charge on any atom is 0.237 e. The Morgan fingerprint density at radius 3 is 2.70 bits per heavy atom. The average molecular weight is 280 g/mol. The molecule has 0 spiro atoms. The molecule has 0 aromatic heterocycles. The summed E-state index contributed by atoms with van der Waals surface area (Å²) < 4.78 is 18.4. The molecule has 2 N–H and O–H groups in total. The van der Waals surface area contributed by atoms with Gasteiger partial charge < -0.3 is 15.4 Å². The molecule has 110 valence electrons. The molecule has 3 unspecified atom stereocenters. The summed E-state index contributed by atoms with van der Waals surface area (Å²) in [5.41, 5.74) is 0.848. The number of carbonyl (C=O) groups excluding carboxylic acids is 1. The van der Waals surface area contributed by atoms with Gasteiger partial charge in [0.15, 0.2) is 0 Å². The lowest BCUT2D eigenvalue weighted by atomic mass is 10.0. The summed E-state index contributed by atoms with van der Waals surface area (Å²) in [6.07, 6.45) is 1.60. The lowest BCUT2D eigenvalue weighted by molar-refractivity contribution is -0.124. The van der Waals surface area contributed by atoms with E-state index < -0.39 is 0 Å². The minimum atomic E-state index is -0.291. The summed E-state index contributed by atoms with van der Waals surface area (Å²) >= 11 is 0. The minimum absolute atomic E-state index is 0.000776. The summed E-state index contributed by atoms with van der Waals surface area (Å²) in [6, 6.07) is 5.87. The fourth-order valence-electron chi connectivity index (χ4n) is 2.59. The van der Waals surface area contributed by atoms with Crippen molar-refractivity contribution in [1.82, 2.24) is 10.6 Å². The van der Waals surface area contributed by atoms with E-state index in [4.69, 9.17) is 4.74 Å². The summed E-state index contributed by atoms with van der Waals surface area (Å²) in [5.74, 6) is -0.283. The summed E-state index contributed by atoms with van der Waals surface area (Å²) in [4.78, 5) is 12.1. The van der Waals surface area contributed by atoms with Gasteiger partial charge in [-0.2, -0.15) is 0 Å². The van der Waals surface area contributed by atoms with Crippen molar-refractivity contribution in [3.05, 3.63) is 35.6 Å². The predicted molar refractivity (Wildman–Crippen MR) is 74.8 cm³/mol. The third-order valence-electron chi connectivity index (χ3n) is 3.65. The Bertz CT molecular complexity index is 444. The van der Waals surface area contributed by atoms with Crippen molar-refractivity contribution in [2.24, 2.45) is 0 Å². The highest BCUT2D eigenvalue weighted by Crippen LogP contribution is 2.21. The van der Waals surface area contributed by atoms with Gasteiger partial charge in [-0.1, -0.05) is 12.1 Å². The number of amides is 1. The van der Waals surface area contributed by atoms with E-state index in [1.165, 1.54) is 12.1 Å². The largest absolute Gasteiger partial charge is 0.375 e. The maximum absolute atomic E-state index is 13.0. The third kappa shape index (κ3) is 3.55. The van der Waals surface area contributed by atoms with E-state index in [1.807, 2.05) is 6.92 Å². The zero-order valence-electron chi connectivity index (χ0n) is 11.9. The van der Waals surface area contributed by atoms with Gasteiger partial charge in [0.25, 0.3) is 0 Å². The number of benzene rings is 1. The van der Waals surface area contributed by atoms with Crippen molar-refractivity contribution >= 4 is 5.91 Å². The van der Waals surface area contributed by atoms with E-state index in [0.717, 1.165) is 24.9 Å². The van der Waals surface area contributed by atoms with E-state index in [-0.39, 0.29) is 29.9 Å². The highest BCUT2D eigenvalue weighted by atomic mass is 19.1. The second kappa shape index (κ2) is 6.81. The molecule has 1 aromatic carbocycles. The lowest BCUT2D eigenvalue weighted by Gasteiger charge is -2.25. The maximum atomic E-state index is 13.0. The summed E-state index contributed by atoms with van der Waals surface area (Å²) in [5, 5.41) is 6.13. The van der Waals surface area contributed by atoms with Gasteiger partial charge in [-0.25, -0.2) is 4.39 Å². The van der Waals surface area contributed by atoms with Crippen LogP contribution < -0.4 is 10.6 Å². The Morgan fingerprint density at radius 1 is 1.45 bits per heavy atom. The Kier molecular flexibility index (Phi) is 5.09. The Hall–Kier alpha value is -1.46. The molecule has 1 saturated heterocycles. The molecular weight excluding hydrogens is 259 g/mol. The zero-order chi connectivity index (χ0) is 14.5. The van der Waals surface area contributed by atoms with Crippen molar-refractivity contribution < 1.29 is 13.9 Å². The zero-order valence-corrected chi connectivity index (χ0v) is 11.9. The quantitative estimate of drug-likeness (QED) is 0.864. The first-order valence-electron chi connectivity index (χ1n) is 6.94. The number of carbonyl (C=O) groups is 1. The average Bonchev–Trinajstić information content (AvgIpc) is 2.96. The van der Waals surface area contributed by atoms with E-state index in [9.17, 15) is 9.18 Å². The molecule has 1 aromatic rings. The van der Waals surface area contributed by atoms with Crippen LogP contribution >= 0.6 is 0 Å². The Labute approximate surface area is 118 Å². The van der Waals surface area contributed by atoms with Crippen molar-refractivity contribution in [3.8, 4) is 0 Å². The van der Waals surface area contributed by atoms with Gasteiger partial charge >= 0.3 is 0 Å². The number of nitrogens with one attached hydrogen (secondary N) is 2. The van der Waals surface area contributed by atoms with Crippen LogP contribution in [0.3, 0.4) is 0 Å². The van der Waals surface area contributed by atoms with Crippen LogP contribution in [-0.2, 0) is 9.53 Å². The SMILES string of the molecule is COC(c1ccc(F)cc1)C(C)NC(=O)C1CCCN1. The molecule has 0 radical (unpaired) electrons. The molecule has 0 aliphatic carbocycles. The second-order valence-electron chi connectivity index (χ2n) is 5.15. The standard InChI is InChI=1S/C15H21FN2O2/c1-10(18-15(19)13-4-3-9-17-13)14(20-2)11-5-7-12(16)8-6-11/h5-8,10,13-14,17H,3-4,9H2,1-2H3,(H,18,19). The molecule has 2 rings (SSSR count). The molecule has 1 heterocycles. The van der Waals surface area contributed by atoms with Crippen molar-refractivity contribution in [1.29, 1.82) is 0 Å². The van der Waals surface area contributed by atoms with Gasteiger partial charge in [0.1, 0.15) is 11.9 Å². The van der Waals surface area contributed by atoms with Crippen LogP contribution in [0.2, 0.25) is 0 Å². The molecule has 0 bridgehead atoms. The first kappa shape index (κ1) is 14.9. The summed E-state index contributed by atoms with van der Waals surface area (Å²) in [6.45, 7) is 2.78. The van der Waals surface area contributed by atoms with Gasteiger partial charge in [-0.3, -0.25) is 4.79 Å². The second-order valence-corrected chi connectivity index (χ2v) is 5.15. The normalized spacial score (nSPS) is 21.4. The van der Waals surface area contributed by atoms with Crippen LogP contribution in [0.15, 0.2) is 24.3 Å². The smallest absolute Gasteiger partial charge is 0.237 e. The fourth-order valence-corrected chi connectivity index (χ4v) is 2.59. The number of rotatable bonds is 5. The van der Waals surface area contributed by atoms with Crippen LogP contribution in [0.4, 0.5) is 4.39 Å². The van der Waals surface area contributed by atoms with E-state index in [2.05, 4.69) is 10.6 Å². The molecule has 1 amide bonds. The van der Waals surface area contributed by atoms with Crippen LogP contribution in [0.1, 0.15) is 31.4 Å². The van der Waals surface area contributed by atoms with Gasteiger partial charge in [-0.05, 0) is 44.0 Å². The number of hydrogen-bond acceptors (Lipinski definition) is 3. The molecule has 1 aliphatic rings. The number of halogens is 1. The molecule has 20 heavy (non-hydrogen) atoms. The molecule has 5 heteroatoms. The van der Waals surface area contributed by atoms with Gasteiger partial charge in [0, 0.05) is 7.11 Å². The Balaban J connectivity index is 1.99. The van der Waals surface area contributed by atoms with Gasteiger partial charge in [-0.15, -0.1) is 0 Å². The van der Waals surface area contributed by atoms with E-state index >= 15 is 0 Å². The van der Waals surface area contributed by atoms with Gasteiger partial charge in [0.2, 0.25) is 5.91 Å². The molecular formula is C15H21FN2O2. The molecule has 1 fully saturated rings. The number of ether oxygens (including phenoxy) is 1. The molecule has 4 nitrogen and oxygen atoms in total. The summed E-state index contributed by atoms with van der Waals surface area (Å²) in [7, 11) is 1.59.